The number of hydrogen-bond donors (Lipinski definition) is 1. The summed E-state index contributed by atoms with van der Waals surface area (Å²) in [5.74, 6) is 1.47. The Morgan fingerprint density at radius 3 is 2.67 bits per heavy atom. The molecule has 1 aromatic carbocycles. The zero-order valence-corrected chi connectivity index (χ0v) is 18.2. The lowest BCUT2D eigenvalue weighted by atomic mass is 9.96. The summed E-state index contributed by atoms with van der Waals surface area (Å²) < 4.78 is 1.81. The van der Waals surface area contributed by atoms with E-state index in [1.165, 1.54) is 0 Å². The molecule has 1 aliphatic rings. The number of nitrogens with zero attached hydrogens (tertiary/aromatic N) is 7. The quantitative estimate of drug-likeness (QED) is 0.498. The number of aliphatic hydroxyl groups is 1. The molecular formula is C21H25N7OS. The number of aromatic nitrogens is 5. The highest BCUT2D eigenvalue weighted by atomic mass is 32.1. The predicted octanol–water partition coefficient (Wildman–Crippen LogP) is 2.74. The van der Waals surface area contributed by atoms with Crippen molar-refractivity contribution in [2.45, 2.75) is 51.8 Å². The number of benzene rings is 1. The van der Waals surface area contributed by atoms with Crippen LogP contribution in [0, 0.1) is 0 Å². The van der Waals surface area contributed by atoms with Crippen LogP contribution in [0.25, 0.3) is 11.2 Å². The molecule has 1 atom stereocenters. The largest absolute Gasteiger partial charge is 0.391 e. The number of β-amino-alcohol motifs (C(OH)–C–C–N with tert-alkyl or cyclic N) is 1. The van der Waals surface area contributed by atoms with Gasteiger partial charge in [-0.3, -0.25) is 0 Å². The summed E-state index contributed by atoms with van der Waals surface area (Å²) >= 11 is 4.71. The van der Waals surface area contributed by atoms with E-state index in [0.717, 1.165) is 35.7 Å². The molecule has 1 fully saturated rings. The van der Waals surface area contributed by atoms with E-state index < -0.39 is 0 Å². The Bertz CT molecular complexity index is 1110. The molecule has 3 heterocycles. The summed E-state index contributed by atoms with van der Waals surface area (Å²) in [6, 6.07) is 8.04. The first-order chi connectivity index (χ1) is 14.4. The molecule has 4 rings (SSSR count). The minimum Gasteiger partial charge on any atom is -0.391 e. The predicted molar refractivity (Wildman–Crippen MR) is 119 cm³/mol. The Hall–Kier alpha value is -2.74. The van der Waals surface area contributed by atoms with Crippen molar-refractivity contribution < 1.29 is 5.11 Å². The van der Waals surface area contributed by atoms with E-state index in [9.17, 15) is 5.11 Å². The van der Waals surface area contributed by atoms with Gasteiger partial charge in [0.1, 0.15) is 5.82 Å². The molecule has 0 amide bonds. The van der Waals surface area contributed by atoms with Gasteiger partial charge in [0.15, 0.2) is 17.0 Å². The number of isothiocyanates is 1. The van der Waals surface area contributed by atoms with Gasteiger partial charge in [0.25, 0.3) is 0 Å². The lowest BCUT2D eigenvalue weighted by molar-refractivity contribution is 0.198. The van der Waals surface area contributed by atoms with Gasteiger partial charge in [-0.2, -0.15) is 0 Å². The fourth-order valence-electron chi connectivity index (χ4n) is 3.58. The van der Waals surface area contributed by atoms with Crippen molar-refractivity contribution in [1.82, 2.24) is 25.0 Å². The molecule has 9 heteroatoms. The van der Waals surface area contributed by atoms with Crippen LogP contribution in [0.1, 0.15) is 44.1 Å². The van der Waals surface area contributed by atoms with Crippen LogP contribution in [0.5, 0.6) is 0 Å². The second-order valence-corrected chi connectivity index (χ2v) is 8.79. The van der Waals surface area contributed by atoms with E-state index in [1.807, 2.05) is 28.9 Å². The summed E-state index contributed by atoms with van der Waals surface area (Å²) in [5, 5.41) is 21.2. The molecule has 1 aliphatic heterocycles. The maximum Gasteiger partial charge on any atom is 0.184 e. The van der Waals surface area contributed by atoms with Crippen molar-refractivity contribution in [3.05, 3.63) is 41.2 Å². The van der Waals surface area contributed by atoms with E-state index >= 15 is 0 Å². The number of aliphatic hydroxyl groups excluding tert-OH is 1. The standard InChI is InChI=1S/C21H25N7OS/c1-21(2,3)20-23-18(27-9-8-16(29)12-27)17-19(24-20)28(26-25-17)11-15-7-5-4-6-14(15)10-22-13-30/h4-7,16,29H,8-12H2,1-3H3/t16-/m0/s1. The van der Waals surface area contributed by atoms with Crippen molar-refractivity contribution >= 4 is 34.4 Å². The van der Waals surface area contributed by atoms with Crippen molar-refractivity contribution in [2.24, 2.45) is 4.99 Å². The van der Waals surface area contributed by atoms with E-state index in [1.54, 1.807) is 0 Å². The molecule has 8 nitrogen and oxygen atoms in total. The average molecular weight is 424 g/mol. The molecule has 0 radical (unpaired) electrons. The summed E-state index contributed by atoms with van der Waals surface area (Å²) in [7, 11) is 0. The lowest BCUT2D eigenvalue weighted by Gasteiger charge is -2.22. The van der Waals surface area contributed by atoms with E-state index in [0.29, 0.717) is 30.8 Å². The normalized spacial score (nSPS) is 16.8. The van der Waals surface area contributed by atoms with Crippen LogP contribution in [-0.2, 0) is 18.5 Å². The Morgan fingerprint density at radius 1 is 1.23 bits per heavy atom. The van der Waals surface area contributed by atoms with Crippen molar-refractivity contribution in [3.63, 3.8) is 0 Å². The maximum absolute atomic E-state index is 10.0. The first-order valence-electron chi connectivity index (χ1n) is 10.0. The van der Waals surface area contributed by atoms with Gasteiger partial charge in [0, 0.05) is 18.5 Å². The van der Waals surface area contributed by atoms with Crippen LogP contribution >= 0.6 is 12.2 Å². The molecular weight excluding hydrogens is 398 g/mol. The highest BCUT2D eigenvalue weighted by molar-refractivity contribution is 7.78. The molecule has 2 aromatic heterocycles. The molecule has 0 aliphatic carbocycles. The minimum atomic E-state index is -0.350. The van der Waals surface area contributed by atoms with Gasteiger partial charge in [-0.05, 0) is 29.8 Å². The summed E-state index contributed by atoms with van der Waals surface area (Å²) in [6.45, 7) is 8.54. The van der Waals surface area contributed by atoms with Crippen LogP contribution in [-0.4, -0.2) is 54.4 Å². The van der Waals surface area contributed by atoms with Crippen molar-refractivity contribution in [3.8, 4) is 0 Å². The van der Waals surface area contributed by atoms with Gasteiger partial charge in [-0.15, -0.1) is 5.10 Å². The number of anilines is 1. The Kier molecular flexibility index (Phi) is 5.60. The highest BCUT2D eigenvalue weighted by Gasteiger charge is 2.28. The Labute approximate surface area is 180 Å². The van der Waals surface area contributed by atoms with E-state index in [-0.39, 0.29) is 11.5 Å². The fraction of sp³-hybridized carbons (Fsp3) is 0.476. The average Bonchev–Trinajstić information content (AvgIpc) is 3.32. The molecule has 0 spiro atoms. The minimum absolute atomic E-state index is 0.234. The first kappa shape index (κ1) is 20.5. The third-order valence-corrected chi connectivity index (χ3v) is 5.36. The van der Waals surface area contributed by atoms with Crippen molar-refractivity contribution in [1.29, 1.82) is 0 Å². The number of fused-ring (bicyclic) bond motifs is 1. The number of hydrogen-bond acceptors (Lipinski definition) is 8. The summed E-state index contributed by atoms with van der Waals surface area (Å²) in [5.41, 5.74) is 3.26. The van der Waals surface area contributed by atoms with Crippen LogP contribution in [0.4, 0.5) is 5.82 Å². The molecule has 156 valence electrons. The summed E-state index contributed by atoms with van der Waals surface area (Å²) in [4.78, 5) is 15.8. The number of aliphatic imine (C=N–C) groups is 1. The van der Waals surface area contributed by atoms with E-state index in [2.05, 4.69) is 46.1 Å². The lowest BCUT2D eigenvalue weighted by Crippen LogP contribution is -2.25. The molecule has 3 aromatic rings. The zero-order valence-electron chi connectivity index (χ0n) is 17.4. The molecule has 1 N–H and O–H groups in total. The second-order valence-electron chi connectivity index (χ2n) is 8.60. The fourth-order valence-corrected chi connectivity index (χ4v) is 3.65. The monoisotopic (exact) mass is 423 g/mol. The molecule has 1 saturated heterocycles. The third-order valence-electron chi connectivity index (χ3n) is 5.23. The van der Waals surface area contributed by atoms with Gasteiger partial charge in [-0.1, -0.05) is 50.3 Å². The van der Waals surface area contributed by atoms with Crippen LogP contribution in [0.3, 0.4) is 0 Å². The van der Waals surface area contributed by atoms with Gasteiger partial charge >= 0.3 is 0 Å². The molecule has 0 saturated carbocycles. The van der Waals surface area contributed by atoms with Crippen LogP contribution in [0.2, 0.25) is 0 Å². The SMILES string of the molecule is CC(C)(C)c1nc(N2CC[C@H](O)C2)c2nnn(Cc3ccccc3CN=C=S)c2n1. The Balaban J connectivity index is 1.80. The van der Waals surface area contributed by atoms with Gasteiger partial charge in [0.05, 0.1) is 24.4 Å². The van der Waals surface area contributed by atoms with Gasteiger partial charge in [0.2, 0.25) is 0 Å². The second kappa shape index (κ2) is 8.18. The van der Waals surface area contributed by atoms with Crippen LogP contribution < -0.4 is 4.90 Å². The summed E-state index contributed by atoms with van der Waals surface area (Å²) in [6.07, 6.45) is 0.370. The number of rotatable bonds is 5. The molecule has 0 unspecified atom stereocenters. The maximum atomic E-state index is 10.0. The highest BCUT2D eigenvalue weighted by Crippen LogP contribution is 2.29. The third kappa shape index (κ3) is 4.09. The zero-order chi connectivity index (χ0) is 21.3. The molecule has 30 heavy (non-hydrogen) atoms. The molecule has 0 bridgehead atoms. The van der Waals surface area contributed by atoms with Gasteiger partial charge < -0.3 is 10.0 Å². The van der Waals surface area contributed by atoms with E-state index in [4.69, 9.17) is 22.2 Å². The van der Waals surface area contributed by atoms with Gasteiger partial charge in [-0.25, -0.2) is 19.6 Å². The Morgan fingerprint density at radius 2 is 2.00 bits per heavy atom. The first-order valence-corrected chi connectivity index (χ1v) is 10.4. The topological polar surface area (TPSA) is 92.3 Å². The van der Waals surface area contributed by atoms with Crippen molar-refractivity contribution in [2.75, 3.05) is 18.0 Å². The number of thiocarbonyl (C=S) groups is 1. The van der Waals surface area contributed by atoms with Crippen LogP contribution in [0.15, 0.2) is 29.3 Å². The smallest absolute Gasteiger partial charge is 0.184 e.